The van der Waals surface area contributed by atoms with Crippen LogP contribution in [0.25, 0.3) is 10.9 Å². The minimum atomic E-state index is -0.497. The van der Waals surface area contributed by atoms with E-state index in [0.717, 1.165) is 21.5 Å². The number of hydrogen-bond acceptors (Lipinski definition) is 6. The molecule has 2 aromatic heterocycles. The number of ketones is 2. The van der Waals surface area contributed by atoms with Crippen LogP contribution >= 0.6 is 11.8 Å². The summed E-state index contributed by atoms with van der Waals surface area (Å²) in [6.45, 7) is 6.53. The second-order valence-electron chi connectivity index (χ2n) is 6.85. The Hall–Kier alpha value is -2.93. The van der Waals surface area contributed by atoms with Crippen LogP contribution in [0.15, 0.2) is 35.4 Å². The molecule has 1 aromatic carbocycles. The Morgan fingerprint density at radius 3 is 2.55 bits per heavy atom. The van der Waals surface area contributed by atoms with E-state index in [-0.39, 0.29) is 23.9 Å². The zero-order valence-corrected chi connectivity index (χ0v) is 17.6. The van der Waals surface area contributed by atoms with E-state index < -0.39 is 5.97 Å². The van der Waals surface area contributed by atoms with E-state index in [4.69, 9.17) is 4.74 Å². The molecule has 6 nitrogen and oxygen atoms in total. The Kier molecular flexibility index (Phi) is 6.17. The molecule has 0 aliphatic carbocycles. The summed E-state index contributed by atoms with van der Waals surface area (Å²) in [5, 5.41) is 1.80. The number of benzene rings is 1. The van der Waals surface area contributed by atoms with Crippen LogP contribution in [0.2, 0.25) is 0 Å². The summed E-state index contributed by atoms with van der Waals surface area (Å²) in [6.07, 6.45) is 0. The average Bonchev–Trinajstić information content (AvgIpc) is 2.98. The van der Waals surface area contributed by atoms with E-state index in [9.17, 15) is 14.4 Å². The topological polar surface area (TPSA) is 89.1 Å². The predicted molar refractivity (Wildman–Crippen MR) is 113 cm³/mol. The highest BCUT2D eigenvalue weighted by Gasteiger charge is 2.20. The Labute approximate surface area is 173 Å². The standard InChI is InChI=1S/C22H22N2O4S/c1-12-9-19(24-17-8-6-5-7-16(12)17)29-11-20(27)28-10-18(26)22-13(2)21(15(4)25)14(3)23-22/h5-9,23H,10-11H2,1-4H3. The SMILES string of the molecule is CC(=O)c1c(C)[nH]c(C(=O)COC(=O)CSc2cc(C)c3ccccc3n2)c1C. The van der Waals surface area contributed by atoms with Crippen molar-refractivity contribution < 1.29 is 19.1 Å². The molecule has 0 fully saturated rings. The molecule has 0 amide bonds. The van der Waals surface area contributed by atoms with Gasteiger partial charge in [0.25, 0.3) is 0 Å². The van der Waals surface area contributed by atoms with Gasteiger partial charge in [0, 0.05) is 16.6 Å². The smallest absolute Gasteiger partial charge is 0.316 e. The van der Waals surface area contributed by atoms with Gasteiger partial charge in [0.1, 0.15) is 0 Å². The number of nitrogens with one attached hydrogen (secondary N) is 1. The molecule has 2 heterocycles. The normalized spacial score (nSPS) is 10.9. The number of hydrogen-bond donors (Lipinski definition) is 1. The Morgan fingerprint density at radius 1 is 1.14 bits per heavy atom. The molecule has 0 aliphatic rings. The van der Waals surface area contributed by atoms with Gasteiger partial charge in [-0.25, -0.2) is 4.98 Å². The number of Topliss-reactive ketones (excluding diaryl/α,β-unsaturated/α-hetero) is 2. The van der Waals surface area contributed by atoms with Crippen molar-refractivity contribution in [1.82, 2.24) is 9.97 Å². The number of ether oxygens (including phenoxy) is 1. The predicted octanol–water partition coefficient (Wildman–Crippen LogP) is 4.21. The van der Waals surface area contributed by atoms with Crippen LogP contribution in [0.1, 0.15) is 44.6 Å². The summed E-state index contributed by atoms with van der Waals surface area (Å²) < 4.78 is 5.12. The lowest BCUT2D eigenvalue weighted by Gasteiger charge is -2.07. The molecule has 0 saturated carbocycles. The van der Waals surface area contributed by atoms with Gasteiger partial charge in [-0.3, -0.25) is 14.4 Å². The maximum atomic E-state index is 12.4. The third-order valence-corrected chi connectivity index (χ3v) is 5.56. The Bertz CT molecular complexity index is 1120. The first kappa shape index (κ1) is 20.8. The molecule has 0 aliphatic heterocycles. The first-order valence-electron chi connectivity index (χ1n) is 9.16. The van der Waals surface area contributed by atoms with Crippen LogP contribution < -0.4 is 0 Å². The fourth-order valence-corrected chi connectivity index (χ4v) is 4.11. The number of nitrogens with zero attached hydrogens (tertiary/aromatic N) is 1. The number of para-hydroxylation sites is 1. The maximum Gasteiger partial charge on any atom is 0.316 e. The lowest BCUT2D eigenvalue weighted by molar-refractivity contribution is -0.139. The monoisotopic (exact) mass is 410 g/mol. The molecule has 3 aromatic rings. The fourth-order valence-electron chi connectivity index (χ4n) is 3.34. The minimum absolute atomic E-state index is 0.0551. The van der Waals surface area contributed by atoms with Gasteiger partial charge in [-0.15, -0.1) is 0 Å². The van der Waals surface area contributed by atoms with Gasteiger partial charge >= 0.3 is 5.97 Å². The van der Waals surface area contributed by atoms with Gasteiger partial charge < -0.3 is 9.72 Å². The molecule has 0 saturated heterocycles. The van der Waals surface area contributed by atoms with Crippen molar-refractivity contribution in [1.29, 1.82) is 0 Å². The van der Waals surface area contributed by atoms with Gasteiger partial charge in [0.05, 0.1) is 22.0 Å². The molecular weight excluding hydrogens is 388 g/mol. The van der Waals surface area contributed by atoms with Crippen molar-refractivity contribution in [2.75, 3.05) is 12.4 Å². The molecule has 7 heteroatoms. The summed E-state index contributed by atoms with van der Waals surface area (Å²) >= 11 is 1.27. The highest BCUT2D eigenvalue weighted by Crippen LogP contribution is 2.24. The number of carbonyl (C=O) groups excluding carboxylic acids is 3. The van der Waals surface area contributed by atoms with E-state index >= 15 is 0 Å². The number of thioether (sulfide) groups is 1. The zero-order chi connectivity index (χ0) is 21.1. The van der Waals surface area contributed by atoms with Crippen molar-refractivity contribution in [3.05, 3.63) is 58.4 Å². The van der Waals surface area contributed by atoms with E-state index in [2.05, 4.69) is 9.97 Å². The highest BCUT2D eigenvalue weighted by atomic mass is 32.2. The number of esters is 1. The number of pyridine rings is 1. The summed E-state index contributed by atoms with van der Waals surface area (Å²) in [7, 11) is 0. The Balaban J connectivity index is 1.59. The fraction of sp³-hybridized carbons (Fsp3) is 0.273. The van der Waals surface area contributed by atoms with E-state index in [1.165, 1.54) is 18.7 Å². The van der Waals surface area contributed by atoms with Crippen LogP contribution in [0.4, 0.5) is 0 Å². The Morgan fingerprint density at radius 2 is 1.86 bits per heavy atom. The quantitative estimate of drug-likeness (QED) is 0.357. The molecule has 1 N–H and O–H groups in total. The van der Waals surface area contributed by atoms with Crippen LogP contribution in [-0.2, 0) is 9.53 Å². The molecule has 0 spiro atoms. The largest absolute Gasteiger partial charge is 0.457 e. The lowest BCUT2D eigenvalue weighted by atomic mass is 10.1. The third-order valence-electron chi connectivity index (χ3n) is 4.67. The molecule has 29 heavy (non-hydrogen) atoms. The van der Waals surface area contributed by atoms with Gasteiger partial charge in [0.15, 0.2) is 12.4 Å². The molecule has 150 valence electrons. The molecule has 0 bridgehead atoms. The second-order valence-corrected chi connectivity index (χ2v) is 7.84. The first-order chi connectivity index (χ1) is 13.8. The van der Waals surface area contributed by atoms with E-state index in [1.807, 2.05) is 37.3 Å². The summed E-state index contributed by atoms with van der Waals surface area (Å²) in [6, 6.07) is 9.75. The van der Waals surface area contributed by atoms with Crippen LogP contribution in [0, 0.1) is 20.8 Å². The molecule has 0 unspecified atom stereocenters. The summed E-state index contributed by atoms with van der Waals surface area (Å²) in [5.74, 6) is -0.916. The van der Waals surface area contributed by atoms with Crippen LogP contribution in [0.5, 0.6) is 0 Å². The van der Waals surface area contributed by atoms with Crippen molar-refractivity contribution in [3.63, 3.8) is 0 Å². The number of aryl methyl sites for hydroxylation is 2. The third kappa shape index (κ3) is 4.56. The van der Waals surface area contributed by atoms with Gasteiger partial charge in [-0.05, 0) is 51.0 Å². The van der Waals surface area contributed by atoms with Gasteiger partial charge in [-0.2, -0.15) is 0 Å². The second kappa shape index (κ2) is 8.61. The van der Waals surface area contributed by atoms with Crippen LogP contribution in [-0.4, -0.2) is 39.9 Å². The van der Waals surface area contributed by atoms with Gasteiger partial charge in [-0.1, -0.05) is 30.0 Å². The number of carbonyl (C=O) groups is 3. The number of rotatable bonds is 7. The zero-order valence-electron chi connectivity index (χ0n) is 16.8. The van der Waals surface area contributed by atoms with E-state index in [0.29, 0.717) is 22.5 Å². The summed E-state index contributed by atoms with van der Waals surface area (Å²) in [5.41, 5.74) is 3.99. The van der Waals surface area contributed by atoms with Gasteiger partial charge in [0.2, 0.25) is 5.78 Å². The molecule has 0 radical (unpaired) electrons. The minimum Gasteiger partial charge on any atom is -0.457 e. The van der Waals surface area contributed by atoms with E-state index in [1.54, 1.807) is 13.8 Å². The highest BCUT2D eigenvalue weighted by molar-refractivity contribution is 7.99. The summed E-state index contributed by atoms with van der Waals surface area (Å²) in [4.78, 5) is 43.6. The van der Waals surface area contributed by atoms with Crippen molar-refractivity contribution in [2.24, 2.45) is 0 Å². The first-order valence-corrected chi connectivity index (χ1v) is 10.1. The maximum absolute atomic E-state index is 12.4. The number of aromatic amines is 1. The molecular formula is C22H22N2O4S. The van der Waals surface area contributed by atoms with Crippen molar-refractivity contribution >= 4 is 40.2 Å². The number of fused-ring (bicyclic) bond motifs is 1. The van der Waals surface area contributed by atoms with Crippen molar-refractivity contribution in [2.45, 2.75) is 32.7 Å². The van der Waals surface area contributed by atoms with Crippen LogP contribution in [0.3, 0.4) is 0 Å². The average molecular weight is 410 g/mol. The lowest BCUT2D eigenvalue weighted by Crippen LogP contribution is -2.16. The number of H-pyrrole nitrogens is 1. The molecule has 3 rings (SSSR count). The number of aromatic nitrogens is 2. The molecule has 0 atom stereocenters. The van der Waals surface area contributed by atoms with Crippen molar-refractivity contribution in [3.8, 4) is 0 Å².